The van der Waals surface area contributed by atoms with Crippen LogP contribution < -0.4 is 0 Å². The van der Waals surface area contributed by atoms with E-state index in [2.05, 4.69) is 10.2 Å². The predicted octanol–water partition coefficient (Wildman–Crippen LogP) is 4.82. The Morgan fingerprint density at radius 3 is 2.09 bits per heavy atom. The molecule has 0 radical (unpaired) electrons. The number of nitriles is 1. The third-order valence-corrected chi connectivity index (χ3v) is 3.51. The number of benzene rings is 2. The highest BCUT2D eigenvalue weighted by atomic mass is 19.4. The first-order valence-electron chi connectivity index (χ1n) is 6.75. The first-order chi connectivity index (χ1) is 11.0. The van der Waals surface area contributed by atoms with Crippen molar-refractivity contribution >= 4 is 11.6 Å². The molecule has 0 amide bonds. The first kappa shape index (κ1) is 15.0. The van der Waals surface area contributed by atoms with Crippen molar-refractivity contribution in [3.63, 3.8) is 0 Å². The van der Waals surface area contributed by atoms with Gasteiger partial charge in [-0.2, -0.15) is 18.4 Å². The van der Waals surface area contributed by atoms with E-state index in [9.17, 15) is 13.2 Å². The normalized spacial score (nSPS) is 16.0. The third kappa shape index (κ3) is 2.73. The lowest BCUT2D eigenvalue weighted by Crippen LogP contribution is -2.33. The van der Waals surface area contributed by atoms with Crippen molar-refractivity contribution in [3.8, 4) is 6.07 Å². The van der Waals surface area contributed by atoms with E-state index >= 15 is 0 Å². The molecule has 0 unspecified atom stereocenters. The predicted molar refractivity (Wildman–Crippen MR) is 79.1 cm³/mol. The molecule has 0 bridgehead atoms. The van der Waals surface area contributed by atoms with E-state index in [1.54, 1.807) is 54.6 Å². The van der Waals surface area contributed by atoms with Crippen molar-refractivity contribution in [2.45, 2.75) is 11.8 Å². The summed E-state index contributed by atoms with van der Waals surface area (Å²) in [7, 11) is 0. The van der Waals surface area contributed by atoms with Crippen LogP contribution in [0.5, 0.6) is 0 Å². The summed E-state index contributed by atoms with van der Waals surface area (Å²) in [5, 5.41) is 15.4. The van der Waals surface area contributed by atoms with Gasteiger partial charge in [0.25, 0.3) is 0 Å². The Morgan fingerprint density at radius 2 is 1.61 bits per heavy atom. The molecule has 6 heteroatoms. The van der Waals surface area contributed by atoms with Crippen molar-refractivity contribution in [2.24, 2.45) is 10.2 Å². The number of rotatable bonds is 3. The van der Waals surface area contributed by atoms with Crippen LogP contribution >= 0.6 is 0 Å². The van der Waals surface area contributed by atoms with E-state index in [1.165, 1.54) is 6.08 Å². The summed E-state index contributed by atoms with van der Waals surface area (Å²) in [6.07, 6.45) is -3.19. The van der Waals surface area contributed by atoms with Gasteiger partial charge in [0.2, 0.25) is 0 Å². The molecule has 0 saturated carbocycles. The van der Waals surface area contributed by atoms with E-state index in [1.807, 2.05) is 6.07 Å². The first-order valence-corrected chi connectivity index (χ1v) is 6.75. The highest BCUT2D eigenvalue weighted by Crippen LogP contribution is 2.53. The molecule has 114 valence electrons. The Balaban J connectivity index is 2.09. The molecular formula is C17H10F3N3. The van der Waals surface area contributed by atoms with Gasteiger partial charge < -0.3 is 0 Å². The monoisotopic (exact) mass is 313 g/mol. The molecule has 0 saturated heterocycles. The summed E-state index contributed by atoms with van der Waals surface area (Å²) in [4.78, 5) is 0. The highest BCUT2D eigenvalue weighted by molar-refractivity contribution is 5.88. The molecule has 0 N–H and O–H groups in total. The third-order valence-electron chi connectivity index (χ3n) is 3.51. The van der Waals surface area contributed by atoms with Gasteiger partial charge in [-0.3, -0.25) is 0 Å². The van der Waals surface area contributed by atoms with Gasteiger partial charge in [-0.15, -0.1) is 10.2 Å². The molecule has 1 heterocycles. The van der Waals surface area contributed by atoms with Crippen molar-refractivity contribution in [2.75, 3.05) is 0 Å². The lowest BCUT2D eigenvalue weighted by Gasteiger charge is -2.18. The molecule has 0 spiro atoms. The standard InChI is InChI=1S/C17H10F3N3/c18-17(19,20)16(22-23-16)15(14-4-2-1-3-5-14)10-12-6-8-13(11-21)9-7-12/h1-10H. The average molecular weight is 313 g/mol. The van der Waals surface area contributed by atoms with Crippen LogP contribution in [0.4, 0.5) is 13.2 Å². The average Bonchev–Trinajstić information content (AvgIpc) is 3.35. The lowest BCUT2D eigenvalue weighted by molar-refractivity contribution is -0.148. The van der Waals surface area contributed by atoms with Crippen LogP contribution in [0.15, 0.2) is 64.8 Å². The smallest absolute Gasteiger partial charge is 0.192 e. The molecule has 0 aliphatic carbocycles. The molecule has 0 aromatic heterocycles. The SMILES string of the molecule is N#Cc1ccc(C=C(c2ccccc2)C2(C(F)(F)F)N=N2)cc1. The van der Waals surface area contributed by atoms with E-state index in [-0.39, 0.29) is 5.57 Å². The Labute approximate surface area is 130 Å². The lowest BCUT2D eigenvalue weighted by atomic mass is 9.92. The largest absolute Gasteiger partial charge is 0.442 e. The minimum atomic E-state index is -4.60. The van der Waals surface area contributed by atoms with Gasteiger partial charge in [0.15, 0.2) is 0 Å². The van der Waals surface area contributed by atoms with Crippen LogP contribution in [0.2, 0.25) is 0 Å². The zero-order valence-electron chi connectivity index (χ0n) is 11.7. The van der Waals surface area contributed by atoms with E-state index in [4.69, 9.17) is 5.26 Å². The number of alkyl halides is 3. The topological polar surface area (TPSA) is 48.5 Å². The summed E-state index contributed by atoms with van der Waals surface area (Å²) >= 11 is 0. The Morgan fingerprint density at radius 1 is 1.00 bits per heavy atom. The maximum absolute atomic E-state index is 13.4. The van der Waals surface area contributed by atoms with Crippen LogP contribution in [0.3, 0.4) is 0 Å². The summed E-state index contributed by atoms with van der Waals surface area (Å²) in [6, 6.07) is 16.5. The summed E-state index contributed by atoms with van der Waals surface area (Å²) in [6.45, 7) is 0. The van der Waals surface area contributed by atoms with Crippen LogP contribution in [-0.4, -0.2) is 11.8 Å². The van der Waals surface area contributed by atoms with Crippen LogP contribution in [0, 0.1) is 11.3 Å². The maximum atomic E-state index is 13.4. The second-order valence-corrected chi connectivity index (χ2v) is 5.03. The molecular weight excluding hydrogens is 303 g/mol. The Kier molecular flexibility index (Phi) is 3.49. The second-order valence-electron chi connectivity index (χ2n) is 5.03. The minimum Gasteiger partial charge on any atom is -0.192 e. The molecule has 0 atom stereocenters. The number of hydrogen-bond donors (Lipinski definition) is 0. The molecule has 3 rings (SSSR count). The van der Waals surface area contributed by atoms with E-state index in [0.29, 0.717) is 16.7 Å². The molecule has 1 aliphatic rings. The zero-order valence-corrected chi connectivity index (χ0v) is 11.7. The Hall–Kier alpha value is -2.94. The van der Waals surface area contributed by atoms with Gasteiger partial charge in [0.1, 0.15) is 0 Å². The molecule has 0 fully saturated rings. The van der Waals surface area contributed by atoms with Crippen molar-refractivity contribution in [1.82, 2.24) is 0 Å². The zero-order chi connectivity index (χ0) is 16.5. The van der Waals surface area contributed by atoms with Crippen LogP contribution in [0.1, 0.15) is 16.7 Å². The van der Waals surface area contributed by atoms with Gasteiger partial charge in [-0.25, -0.2) is 0 Å². The number of hydrogen-bond acceptors (Lipinski definition) is 3. The number of halogens is 3. The number of nitrogens with zero attached hydrogens (tertiary/aromatic N) is 3. The van der Waals surface area contributed by atoms with Crippen molar-refractivity contribution < 1.29 is 13.2 Å². The second kappa shape index (κ2) is 5.36. The quantitative estimate of drug-likeness (QED) is 0.749. The maximum Gasteiger partial charge on any atom is 0.442 e. The van der Waals surface area contributed by atoms with Gasteiger partial charge in [0, 0.05) is 5.57 Å². The Bertz CT molecular complexity index is 807. The van der Waals surface area contributed by atoms with Gasteiger partial charge in [-0.05, 0) is 29.3 Å². The van der Waals surface area contributed by atoms with Gasteiger partial charge >= 0.3 is 11.8 Å². The van der Waals surface area contributed by atoms with Gasteiger partial charge in [0.05, 0.1) is 11.6 Å². The van der Waals surface area contributed by atoms with E-state index < -0.39 is 11.8 Å². The van der Waals surface area contributed by atoms with Gasteiger partial charge in [-0.1, -0.05) is 42.5 Å². The highest BCUT2D eigenvalue weighted by Gasteiger charge is 2.66. The summed E-state index contributed by atoms with van der Waals surface area (Å²) in [5.74, 6) is 0. The summed E-state index contributed by atoms with van der Waals surface area (Å²) in [5.41, 5.74) is -1.14. The van der Waals surface area contributed by atoms with Crippen molar-refractivity contribution in [3.05, 3.63) is 71.3 Å². The minimum absolute atomic E-state index is 0.0321. The van der Waals surface area contributed by atoms with Crippen LogP contribution in [0.25, 0.3) is 11.6 Å². The summed E-state index contributed by atoms with van der Waals surface area (Å²) < 4.78 is 40.1. The molecule has 2 aromatic rings. The fraction of sp³-hybridized carbons (Fsp3) is 0.118. The molecule has 2 aromatic carbocycles. The fourth-order valence-electron chi connectivity index (χ4n) is 2.25. The van der Waals surface area contributed by atoms with Crippen LogP contribution in [-0.2, 0) is 0 Å². The van der Waals surface area contributed by atoms with E-state index in [0.717, 1.165) is 0 Å². The molecule has 1 aliphatic heterocycles. The molecule has 3 nitrogen and oxygen atoms in total. The molecule has 23 heavy (non-hydrogen) atoms. The van der Waals surface area contributed by atoms with Crippen molar-refractivity contribution in [1.29, 1.82) is 5.26 Å². The fourth-order valence-corrected chi connectivity index (χ4v) is 2.25.